The van der Waals surface area contributed by atoms with Gasteiger partial charge in [0.15, 0.2) is 5.82 Å². The van der Waals surface area contributed by atoms with Gasteiger partial charge in [0.05, 0.1) is 22.8 Å². The Morgan fingerprint density at radius 1 is 1.62 bits per heavy atom. The van der Waals surface area contributed by atoms with Gasteiger partial charge in [-0.15, -0.1) is 0 Å². The van der Waals surface area contributed by atoms with Crippen LogP contribution in [0, 0.1) is 9.39 Å². The van der Waals surface area contributed by atoms with Crippen LogP contribution in [0.1, 0.15) is 17.8 Å². The zero-order chi connectivity index (χ0) is 12.3. The van der Waals surface area contributed by atoms with E-state index in [2.05, 4.69) is 9.72 Å². The first-order valence-electron chi connectivity index (χ1n) is 4.15. The molecule has 0 spiro atoms. The molecule has 1 heterocycles. The molecule has 1 aromatic heterocycles. The maximum Gasteiger partial charge on any atom is 0.311 e. The summed E-state index contributed by atoms with van der Waals surface area (Å²) in [6.07, 6.45) is -3.26. The van der Waals surface area contributed by atoms with Gasteiger partial charge in [-0.05, 0) is 28.7 Å². The number of methoxy groups -OCH3 is 1. The quantitative estimate of drug-likeness (QED) is 0.624. The molecule has 88 valence electrons. The summed E-state index contributed by atoms with van der Waals surface area (Å²) in [4.78, 5) is 14.3. The summed E-state index contributed by atoms with van der Waals surface area (Å²) in [5.74, 6) is -1.50. The standard InChI is InChI=1S/C9H7F3INO2/c1-16-7(15)3-5-8(10)4(13)2-6(14-5)9(11)12/h2,9H,3H2,1H3. The number of halogens is 4. The number of pyridine rings is 1. The normalized spacial score (nSPS) is 10.6. The number of rotatable bonds is 3. The minimum atomic E-state index is -2.80. The lowest BCUT2D eigenvalue weighted by Gasteiger charge is -2.06. The summed E-state index contributed by atoms with van der Waals surface area (Å²) >= 11 is 1.57. The summed E-state index contributed by atoms with van der Waals surface area (Å²) < 4.78 is 42.5. The van der Waals surface area contributed by atoms with Crippen LogP contribution in [0.2, 0.25) is 0 Å². The first-order chi connectivity index (χ1) is 7.45. The maximum absolute atomic E-state index is 13.4. The number of hydrogen-bond acceptors (Lipinski definition) is 3. The predicted octanol–water partition coefficient (Wildman–Crippen LogP) is 2.48. The largest absolute Gasteiger partial charge is 0.469 e. The monoisotopic (exact) mass is 345 g/mol. The van der Waals surface area contributed by atoms with Crippen LogP contribution in [0.3, 0.4) is 0 Å². The van der Waals surface area contributed by atoms with Crippen molar-refractivity contribution in [2.75, 3.05) is 7.11 Å². The highest BCUT2D eigenvalue weighted by molar-refractivity contribution is 14.1. The minimum absolute atomic E-state index is 0.00167. The van der Waals surface area contributed by atoms with Crippen molar-refractivity contribution in [2.45, 2.75) is 12.8 Å². The van der Waals surface area contributed by atoms with E-state index < -0.39 is 30.3 Å². The molecule has 0 aliphatic heterocycles. The topological polar surface area (TPSA) is 39.2 Å². The zero-order valence-corrected chi connectivity index (χ0v) is 10.3. The van der Waals surface area contributed by atoms with E-state index >= 15 is 0 Å². The van der Waals surface area contributed by atoms with Gasteiger partial charge in [0.1, 0.15) is 5.69 Å². The molecule has 0 saturated carbocycles. The van der Waals surface area contributed by atoms with E-state index in [9.17, 15) is 18.0 Å². The molecule has 0 amide bonds. The Morgan fingerprint density at radius 3 is 2.75 bits per heavy atom. The Labute approximate surface area is 103 Å². The van der Waals surface area contributed by atoms with Crippen molar-refractivity contribution in [3.8, 4) is 0 Å². The second-order valence-corrected chi connectivity index (χ2v) is 4.01. The Balaban J connectivity index is 3.11. The molecule has 1 aromatic rings. The van der Waals surface area contributed by atoms with Crippen LogP contribution in [0.5, 0.6) is 0 Å². The lowest BCUT2D eigenvalue weighted by Crippen LogP contribution is -2.10. The summed E-state index contributed by atoms with van der Waals surface area (Å²) in [7, 11) is 1.13. The second-order valence-electron chi connectivity index (χ2n) is 2.84. The molecule has 0 fully saturated rings. The van der Waals surface area contributed by atoms with Crippen LogP contribution < -0.4 is 0 Å². The molecule has 16 heavy (non-hydrogen) atoms. The van der Waals surface area contributed by atoms with Crippen LogP contribution in [-0.2, 0) is 16.0 Å². The van der Waals surface area contributed by atoms with Crippen molar-refractivity contribution in [1.82, 2.24) is 4.98 Å². The number of ether oxygens (including phenoxy) is 1. The van der Waals surface area contributed by atoms with E-state index in [4.69, 9.17) is 0 Å². The molecular weight excluding hydrogens is 338 g/mol. The summed E-state index contributed by atoms with van der Waals surface area (Å²) in [6, 6.07) is 0.946. The fraction of sp³-hybridized carbons (Fsp3) is 0.333. The fourth-order valence-corrected chi connectivity index (χ4v) is 1.64. The first kappa shape index (κ1) is 13.2. The molecular formula is C9H7F3INO2. The van der Waals surface area contributed by atoms with E-state index in [1.165, 1.54) is 0 Å². The first-order valence-corrected chi connectivity index (χ1v) is 5.23. The highest BCUT2D eigenvalue weighted by Gasteiger charge is 2.18. The van der Waals surface area contributed by atoms with Crippen molar-refractivity contribution in [3.05, 3.63) is 26.8 Å². The molecule has 0 radical (unpaired) electrons. The highest BCUT2D eigenvalue weighted by atomic mass is 127. The molecule has 0 N–H and O–H groups in total. The summed E-state index contributed by atoms with van der Waals surface area (Å²) in [5, 5.41) is 0. The number of nitrogens with zero attached hydrogens (tertiary/aromatic N) is 1. The molecule has 0 atom stereocenters. The fourth-order valence-electron chi connectivity index (χ4n) is 1.01. The van der Waals surface area contributed by atoms with Gasteiger partial charge >= 0.3 is 5.97 Å². The summed E-state index contributed by atoms with van der Waals surface area (Å²) in [5.41, 5.74) is -0.876. The molecule has 1 rings (SSSR count). The van der Waals surface area contributed by atoms with E-state index in [1.54, 1.807) is 22.6 Å². The Hall–Kier alpha value is -0.860. The molecule has 7 heteroatoms. The number of carbonyl (C=O) groups is 1. The number of alkyl halides is 2. The van der Waals surface area contributed by atoms with Gasteiger partial charge < -0.3 is 4.74 Å². The van der Waals surface area contributed by atoms with Gasteiger partial charge in [0.2, 0.25) is 0 Å². The van der Waals surface area contributed by atoms with Gasteiger partial charge in [-0.2, -0.15) is 0 Å². The minimum Gasteiger partial charge on any atom is -0.469 e. The van der Waals surface area contributed by atoms with Gasteiger partial charge in [-0.3, -0.25) is 4.79 Å². The van der Waals surface area contributed by atoms with E-state index in [-0.39, 0.29) is 9.26 Å². The van der Waals surface area contributed by atoms with Gasteiger partial charge in [-0.1, -0.05) is 0 Å². The predicted molar refractivity (Wildman–Crippen MR) is 57.6 cm³/mol. The SMILES string of the molecule is COC(=O)Cc1nc(C(F)F)cc(I)c1F. The van der Waals surface area contributed by atoms with Crippen LogP contribution >= 0.6 is 22.6 Å². The molecule has 0 unspecified atom stereocenters. The number of esters is 1. The van der Waals surface area contributed by atoms with Crippen molar-refractivity contribution in [2.24, 2.45) is 0 Å². The number of carbonyl (C=O) groups excluding carboxylic acids is 1. The molecule has 0 bridgehead atoms. The lowest BCUT2D eigenvalue weighted by atomic mass is 10.2. The zero-order valence-electron chi connectivity index (χ0n) is 8.14. The smallest absolute Gasteiger partial charge is 0.311 e. The van der Waals surface area contributed by atoms with Crippen molar-refractivity contribution in [1.29, 1.82) is 0 Å². The molecule has 0 aliphatic rings. The van der Waals surface area contributed by atoms with Gasteiger partial charge in [0.25, 0.3) is 6.43 Å². The molecule has 0 aliphatic carbocycles. The van der Waals surface area contributed by atoms with Crippen molar-refractivity contribution < 1.29 is 22.7 Å². The average molecular weight is 345 g/mol. The Morgan fingerprint density at radius 2 is 2.25 bits per heavy atom. The average Bonchev–Trinajstić information content (AvgIpc) is 2.23. The van der Waals surface area contributed by atoms with Crippen molar-refractivity contribution in [3.63, 3.8) is 0 Å². The van der Waals surface area contributed by atoms with E-state index in [1.807, 2.05) is 0 Å². The number of hydrogen-bond donors (Lipinski definition) is 0. The number of aromatic nitrogens is 1. The lowest BCUT2D eigenvalue weighted by molar-refractivity contribution is -0.139. The van der Waals surface area contributed by atoms with Gasteiger partial charge in [0, 0.05) is 0 Å². The van der Waals surface area contributed by atoms with Crippen molar-refractivity contribution >= 4 is 28.6 Å². The summed E-state index contributed by atoms with van der Waals surface area (Å²) in [6.45, 7) is 0. The third-order valence-corrected chi connectivity index (χ3v) is 2.55. The molecule has 3 nitrogen and oxygen atoms in total. The van der Waals surface area contributed by atoms with Crippen LogP contribution in [0.15, 0.2) is 6.07 Å². The van der Waals surface area contributed by atoms with Gasteiger partial charge in [-0.25, -0.2) is 18.2 Å². The van der Waals surface area contributed by atoms with E-state index in [0.717, 1.165) is 13.2 Å². The van der Waals surface area contributed by atoms with Crippen LogP contribution in [0.25, 0.3) is 0 Å². The third-order valence-electron chi connectivity index (χ3n) is 1.76. The molecule has 0 aromatic carbocycles. The Kier molecular flexibility index (Phi) is 4.51. The third kappa shape index (κ3) is 3.06. The van der Waals surface area contributed by atoms with E-state index in [0.29, 0.717) is 0 Å². The van der Waals surface area contributed by atoms with Crippen LogP contribution in [-0.4, -0.2) is 18.1 Å². The second kappa shape index (κ2) is 5.46. The van der Waals surface area contributed by atoms with Crippen LogP contribution in [0.4, 0.5) is 13.2 Å². The maximum atomic E-state index is 13.4. The Bertz CT molecular complexity index is 412. The highest BCUT2D eigenvalue weighted by Crippen LogP contribution is 2.22. The molecule has 0 saturated heterocycles.